The number of rotatable bonds is 7. The zero-order valence-corrected chi connectivity index (χ0v) is 13.9. The third-order valence-corrected chi connectivity index (χ3v) is 4.61. The van der Waals surface area contributed by atoms with E-state index in [9.17, 15) is 0 Å². The molecule has 0 amide bonds. The molecule has 4 heteroatoms. The lowest BCUT2D eigenvalue weighted by atomic mass is 10.00. The summed E-state index contributed by atoms with van der Waals surface area (Å²) in [6.07, 6.45) is 1.04. The largest absolute Gasteiger partial charge is 0.497 e. The van der Waals surface area contributed by atoms with Crippen LogP contribution in [-0.2, 0) is 6.42 Å². The monoisotopic (exact) mass is 305 g/mol. The Labute approximate surface area is 130 Å². The Morgan fingerprint density at radius 1 is 1.14 bits per heavy atom. The van der Waals surface area contributed by atoms with Crippen molar-refractivity contribution in [3.05, 3.63) is 45.6 Å². The van der Waals surface area contributed by atoms with Gasteiger partial charge in [0.1, 0.15) is 11.5 Å². The summed E-state index contributed by atoms with van der Waals surface area (Å²) in [5.41, 5.74) is 2.54. The zero-order chi connectivity index (χ0) is 15.2. The Bertz CT molecular complexity index is 580. The van der Waals surface area contributed by atoms with Gasteiger partial charge in [-0.25, -0.2) is 0 Å². The third-order valence-electron chi connectivity index (χ3n) is 3.58. The highest BCUT2D eigenvalue weighted by atomic mass is 32.1. The van der Waals surface area contributed by atoms with E-state index in [-0.39, 0.29) is 6.04 Å². The summed E-state index contributed by atoms with van der Waals surface area (Å²) in [6, 6.07) is 8.39. The van der Waals surface area contributed by atoms with Gasteiger partial charge in [-0.1, -0.05) is 13.8 Å². The molecular weight excluding hydrogens is 282 g/mol. The number of hydrogen-bond acceptors (Lipinski definition) is 4. The number of aryl methyl sites for hydroxylation is 1. The van der Waals surface area contributed by atoms with Crippen LogP contribution < -0.4 is 14.8 Å². The molecule has 0 fully saturated rings. The van der Waals surface area contributed by atoms with Crippen LogP contribution in [0.3, 0.4) is 0 Å². The van der Waals surface area contributed by atoms with Gasteiger partial charge in [0, 0.05) is 16.5 Å². The standard InChI is InChI=1S/C17H23NO2S/c1-5-12-9-10-21-17(12)16(18-6-2)14-8-7-13(19-3)11-15(14)20-4/h7-11,16,18H,5-6H2,1-4H3. The molecule has 0 spiro atoms. The first-order valence-corrected chi connectivity index (χ1v) is 8.14. The quantitative estimate of drug-likeness (QED) is 0.838. The number of thiophene rings is 1. The molecule has 0 aliphatic rings. The van der Waals surface area contributed by atoms with Gasteiger partial charge in [0.25, 0.3) is 0 Å². The van der Waals surface area contributed by atoms with Gasteiger partial charge in [-0.3, -0.25) is 0 Å². The van der Waals surface area contributed by atoms with E-state index in [1.54, 1.807) is 25.6 Å². The molecule has 114 valence electrons. The average Bonchev–Trinajstić information content (AvgIpc) is 3.00. The summed E-state index contributed by atoms with van der Waals surface area (Å²) in [7, 11) is 3.38. The summed E-state index contributed by atoms with van der Waals surface area (Å²) in [6.45, 7) is 5.23. The Morgan fingerprint density at radius 2 is 1.95 bits per heavy atom. The fraction of sp³-hybridized carbons (Fsp3) is 0.412. The molecule has 21 heavy (non-hydrogen) atoms. The smallest absolute Gasteiger partial charge is 0.127 e. The molecule has 1 unspecified atom stereocenters. The van der Waals surface area contributed by atoms with Gasteiger partial charge in [-0.2, -0.15) is 0 Å². The minimum Gasteiger partial charge on any atom is -0.497 e. The summed E-state index contributed by atoms with van der Waals surface area (Å²) in [5.74, 6) is 1.67. The van der Waals surface area contributed by atoms with Crippen molar-refractivity contribution in [1.82, 2.24) is 5.32 Å². The molecule has 0 aliphatic heterocycles. The van der Waals surface area contributed by atoms with Gasteiger partial charge >= 0.3 is 0 Å². The summed E-state index contributed by atoms with van der Waals surface area (Å²) in [5, 5.41) is 5.74. The number of nitrogens with one attached hydrogen (secondary N) is 1. The van der Waals surface area contributed by atoms with Crippen molar-refractivity contribution in [3.8, 4) is 11.5 Å². The Morgan fingerprint density at radius 3 is 2.57 bits per heavy atom. The molecule has 0 radical (unpaired) electrons. The first-order valence-electron chi connectivity index (χ1n) is 7.26. The van der Waals surface area contributed by atoms with Crippen LogP contribution in [0.2, 0.25) is 0 Å². The molecule has 1 atom stereocenters. The Hall–Kier alpha value is -1.52. The van der Waals surface area contributed by atoms with E-state index in [0.717, 1.165) is 30.0 Å². The molecule has 0 saturated carbocycles. The summed E-state index contributed by atoms with van der Waals surface area (Å²) >= 11 is 1.80. The Kier molecular flexibility index (Phi) is 5.65. The van der Waals surface area contributed by atoms with Gasteiger partial charge in [-0.05, 0) is 42.1 Å². The van der Waals surface area contributed by atoms with E-state index >= 15 is 0 Å². The molecule has 1 heterocycles. The zero-order valence-electron chi connectivity index (χ0n) is 13.1. The first-order chi connectivity index (χ1) is 10.2. The second-order valence-corrected chi connectivity index (χ2v) is 5.71. The van der Waals surface area contributed by atoms with Crippen LogP contribution >= 0.6 is 11.3 Å². The van der Waals surface area contributed by atoms with Crippen LogP contribution in [-0.4, -0.2) is 20.8 Å². The molecule has 1 aromatic carbocycles. The van der Waals surface area contributed by atoms with E-state index in [4.69, 9.17) is 9.47 Å². The SMILES string of the molecule is CCNC(c1ccc(OC)cc1OC)c1sccc1CC. The van der Waals surface area contributed by atoms with Crippen LogP contribution in [0, 0.1) is 0 Å². The molecule has 1 N–H and O–H groups in total. The molecule has 0 bridgehead atoms. The summed E-state index contributed by atoms with van der Waals surface area (Å²) < 4.78 is 10.9. The van der Waals surface area contributed by atoms with Crippen molar-refractivity contribution in [2.24, 2.45) is 0 Å². The fourth-order valence-electron chi connectivity index (χ4n) is 2.50. The minimum absolute atomic E-state index is 0.158. The van der Waals surface area contributed by atoms with Gasteiger partial charge in [0.05, 0.1) is 20.3 Å². The second-order valence-electron chi connectivity index (χ2n) is 4.76. The highest BCUT2D eigenvalue weighted by molar-refractivity contribution is 7.10. The molecule has 2 rings (SSSR count). The molecule has 0 aliphatic carbocycles. The predicted octanol–water partition coefficient (Wildman–Crippen LogP) is 4.03. The average molecular weight is 305 g/mol. The van der Waals surface area contributed by atoms with E-state index in [1.807, 2.05) is 12.1 Å². The van der Waals surface area contributed by atoms with Gasteiger partial charge < -0.3 is 14.8 Å². The van der Waals surface area contributed by atoms with Crippen molar-refractivity contribution in [2.45, 2.75) is 26.3 Å². The second kappa shape index (κ2) is 7.48. The maximum atomic E-state index is 5.57. The lowest BCUT2D eigenvalue weighted by molar-refractivity contribution is 0.388. The molecular formula is C17H23NO2S. The first kappa shape index (κ1) is 15.9. The number of ether oxygens (including phenoxy) is 2. The van der Waals surface area contributed by atoms with Crippen LogP contribution in [0.5, 0.6) is 11.5 Å². The van der Waals surface area contributed by atoms with Crippen molar-refractivity contribution in [2.75, 3.05) is 20.8 Å². The van der Waals surface area contributed by atoms with Crippen molar-refractivity contribution >= 4 is 11.3 Å². The minimum atomic E-state index is 0.158. The van der Waals surface area contributed by atoms with E-state index in [0.29, 0.717) is 0 Å². The van der Waals surface area contributed by atoms with E-state index in [1.165, 1.54) is 10.4 Å². The lowest BCUT2D eigenvalue weighted by Gasteiger charge is -2.21. The molecule has 0 saturated heterocycles. The van der Waals surface area contributed by atoms with Crippen LogP contribution in [0.25, 0.3) is 0 Å². The van der Waals surface area contributed by atoms with E-state index in [2.05, 4.69) is 36.7 Å². The van der Waals surface area contributed by atoms with Gasteiger partial charge in [0.15, 0.2) is 0 Å². The van der Waals surface area contributed by atoms with Crippen molar-refractivity contribution in [3.63, 3.8) is 0 Å². The van der Waals surface area contributed by atoms with Gasteiger partial charge in [-0.15, -0.1) is 11.3 Å². The third kappa shape index (κ3) is 3.39. The number of methoxy groups -OCH3 is 2. The fourth-order valence-corrected chi connectivity index (χ4v) is 3.59. The van der Waals surface area contributed by atoms with Gasteiger partial charge in [0.2, 0.25) is 0 Å². The predicted molar refractivity (Wildman–Crippen MR) is 88.8 cm³/mol. The maximum absolute atomic E-state index is 5.57. The van der Waals surface area contributed by atoms with E-state index < -0.39 is 0 Å². The lowest BCUT2D eigenvalue weighted by Crippen LogP contribution is -2.22. The van der Waals surface area contributed by atoms with Crippen molar-refractivity contribution < 1.29 is 9.47 Å². The summed E-state index contributed by atoms with van der Waals surface area (Å²) in [4.78, 5) is 1.36. The maximum Gasteiger partial charge on any atom is 0.127 e. The highest BCUT2D eigenvalue weighted by Gasteiger charge is 2.21. The molecule has 1 aromatic heterocycles. The van der Waals surface area contributed by atoms with Crippen LogP contribution in [0.1, 0.15) is 35.9 Å². The van der Waals surface area contributed by atoms with Crippen LogP contribution in [0.4, 0.5) is 0 Å². The Balaban J connectivity index is 2.47. The van der Waals surface area contributed by atoms with Crippen LogP contribution in [0.15, 0.2) is 29.6 Å². The molecule has 2 aromatic rings. The number of hydrogen-bond donors (Lipinski definition) is 1. The van der Waals surface area contributed by atoms with Crippen molar-refractivity contribution in [1.29, 1.82) is 0 Å². The topological polar surface area (TPSA) is 30.5 Å². The normalized spacial score (nSPS) is 12.2. The molecule has 3 nitrogen and oxygen atoms in total. The highest BCUT2D eigenvalue weighted by Crippen LogP contribution is 2.36. The number of benzene rings is 1.